The SMILES string of the molecule is CC(C)[Si]1(C(C)C)OC[C@H]2O[C@@H](n3cc(C#Cc4c5ccccc5c(C#Cc5ccccc5)c5ccccc45)c(=O)[nH]c3=O)C[C@@H]2O[Si](C(C)C)(C(C)C)O1. The molecule has 2 aliphatic heterocycles. The van der Waals surface area contributed by atoms with Gasteiger partial charge >= 0.3 is 22.8 Å². The Hall–Kier alpha value is -4.53. The lowest BCUT2D eigenvalue weighted by atomic mass is 9.92. The second kappa shape index (κ2) is 15.5. The van der Waals surface area contributed by atoms with Crippen LogP contribution >= 0.6 is 0 Å². The van der Waals surface area contributed by atoms with Crippen molar-refractivity contribution in [2.75, 3.05) is 6.61 Å². The van der Waals surface area contributed by atoms with Crippen LogP contribution in [0.15, 0.2) is 94.6 Å². The van der Waals surface area contributed by atoms with Gasteiger partial charge in [0.1, 0.15) is 17.9 Å². The first-order valence-electron chi connectivity index (χ1n) is 19.4. The number of hydrogen-bond donors (Lipinski definition) is 1. The highest BCUT2D eigenvalue weighted by Crippen LogP contribution is 2.48. The Morgan fingerprint density at radius 3 is 1.69 bits per heavy atom. The summed E-state index contributed by atoms with van der Waals surface area (Å²) >= 11 is 0. The molecule has 0 radical (unpaired) electrons. The summed E-state index contributed by atoms with van der Waals surface area (Å²) in [5.41, 5.74) is 2.39. The van der Waals surface area contributed by atoms with Crippen molar-refractivity contribution in [2.45, 2.75) is 102 Å². The van der Waals surface area contributed by atoms with Gasteiger partial charge in [0, 0.05) is 29.3 Å². The highest BCUT2D eigenvalue weighted by molar-refractivity contribution is 6.84. The molecular weight excluding hydrogens is 721 g/mol. The third-order valence-corrected chi connectivity index (χ3v) is 21.4. The smallest absolute Gasteiger partial charge is 0.335 e. The van der Waals surface area contributed by atoms with Crippen LogP contribution in [-0.2, 0) is 17.7 Å². The fourth-order valence-electron chi connectivity index (χ4n) is 8.28. The zero-order chi connectivity index (χ0) is 39.1. The van der Waals surface area contributed by atoms with Gasteiger partial charge in [0.05, 0.1) is 12.7 Å². The summed E-state index contributed by atoms with van der Waals surface area (Å²) in [6.45, 7) is 17.8. The molecule has 0 spiro atoms. The van der Waals surface area contributed by atoms with Gasteiger partial charge in [-0.15, -0.1) is 0 Å². The molecule has 0 unspecified atom stereocenters. The number of benzene rings is 4. The molecule has 8 nitrogen and oxygen atoms in total. The van der Waals surface area contributed by atoms with Gasteiger partial charge in [-0.1, -0.05) is 146 Å². The minimum Gasteiger partial charge on any atom is -0.414 e. The van der Waals surface area contributed by atoms with Crippen LogP contribution in [0.5, 0.6) is 0 Å². The van der Waals surface area contributed by atoms with Gasteiger partial charge in [-0.05, 0) is 55.8 Å². The first-order chi connectivity index (χ1) is 26.3. The Morgan fingerprint density at radius 2 is 1.16 bits per heavy atom. The van der Waals surface area contributed by atoms with Crippen molar-refractivity contribution in [3.63, 3.8) is 0 Å². The Balaban J connectivity index is 1.27. The van der Waals surface area contributed by atoms with Crippen molar-refractivity contribution >= 4 is 38.7 Å². The fourth-order valence-corrected chi connectivity index (χ4v) is 19.5. The van der Waals surface area contributed by atoms with Crippen LogP contribution in [-0.4, -0.2) is 45.5 Å². The summed E-state index contributed by atoms with van der Waals surface area (Å²) in [7, 11) is -5.63. The first kappa shape index (κ1) is 38.7. The molecule has 4 aromatic carbocycles. The Morgan fingerprint density at radius 1 is 0.655 bits per heavy atom. The maximum atomic E-state index is 13.5. The zero-order valence-electron chi connectivity index (χ0n) is 32.9. The van der Waals surface area contributed by atoms with Crippen LogP contribution in [0.4, 0.5) is 0 Å². The predicted molar refractivity (Wildman–Crippen MR) is 224 cm³/mol. The molecule has 2 aliphatic rings. The average molecular weight is 771 g/mol. The standard InChI is InChI=1S/C45H50N2O6Si2/c1-29(2)54(30(3)4)50-28-42-41(52-55(53-54,31(5)6)32(7)8)26-43(51-42)47-27-34(44(48)46-45(47)49)23-25-40-37-20-14-12-18-35(37)39(36-19-13-15-21-38(36)40)24-22-33-16-10-9-11-17-33/h9-21,27,29-32,41-43H,26,28H2,1-8H3,(H,46,48,49)/t41-,42+,43+/m0/s1. The number of hydrogen-bond acceptors (Lipinski definition) is 6. The van der Waals surface area contributed by atoms with Crippen molar-refractivity contribution in [3.8, 4) is 23.7 Å². The highest BCUT2D eigenvalue weighted by atomic mass is 28.5. The number of nitrogens with zero attached hydrogens (tertiary/aromatic N) is 1. The molecular formula is C45H50N2O6Si2. The van der Waals surface area contributed by atoms with Crippen LogP contribution in [0.2, 0.25) is 22.2 Å². The summed E-state index contributed by atoms with van der Waals surface area (Å²) in [6, 6.07) is 26.0. The summed E-state index contributed by atoms with van der Waals surface area (Å²) in [5.74, 6) is 13.2. The predicted octanol–water partition coefficient (Wildman–Crippen LogP) is 8.89. The molecule has 0 aliphatic carbocycles. The Bertz CT molecular complexity index is 2390. The number of aromatic amines is 1. The molecule has 0 saturated carbocycles. The van der Waals surface area contributed by atoms with Crippen molar-refractivity contribution in [1.29, 1.82) is 0 Å². The van der Waals surface area contributed by atoms with Crippen LogP contribution in [0.1, 0.15) is 90.3 Å². The second-order valence-corrected chi connectivity index (χ2v) is 24.8. The van der Waals surface area contributed by atoms with Gasteiger partial charge in [0.2, 0.25) is 0 Å². The molecule has 55 heavy (non-hydrogen) atoms. The Labute approximate surface area is 325 Å². The molecule has 3 heterocycles. The second-order valence-electron chi connectivity index (χ2n) is 15.9. The van der Waals surface area contributed by atoms with E-state index in [4.69, 9.17) is 17.7 Å². The van der Waals surface area contributed by atoms with Crippen molar-refractivity contribution in [1.82, 2.24) is 9.55 Å². The normalized spacial score (nSPS) is 20.5. The maximum Gasteiger partial charge on any atom is 0.335 e. The van der Waals surface area contributed by atoms with Gasteiger partial charge in [0.15, 0.2) is 0 Å². The molecule has 2 fully saturated rings. The number of rotatable bonds is 5. The van der Waals surface area contributed by atoms with Crippen LogP contribution in [0, 0.1) is 23.7 Å². The molecule has 284 valence electrons. The summed E-state index contributed by atoms with van der Waals surface area (Å²) < 4.78 is 29.5. The van der Waals surface area contributed by atoms with Crippen molar-refractivity contribution in [3.05, 3.63) is 128 Å². The van der Waals surface area contributed by atoms with Crippen LogP contribution in [0.25, 0.3) is 21.5 Å². The van der Waals surface area contributed by atoms with E-state index in [-0.39, 0.29) is 33.8 Å². The van der Waals surface area contributed by atoms with Gasteiger partial charge < -0.3 is 17.7 Å². The quantitative estimate of drug-likeness (QED) is 0.109. The van der Waals surface area contributed by atoms with E-state index in [2.05, 4.69) is 96.2 Å². The number of nitrogens with one attached hydrogen (secondary N) is 1. The molecule has 2 saturated heterocycles. The van der Waals surface area contributed by atoms with Gasteiger partial charge in [-0.25, -0.2) is 4.79 Å². The van der Waals surface area contributed by atoms with E-state index >= 15 is 0 Å². The number of H-pyrrole nitrogens is 1. The molecule has 10 heteroatoms. The number of aromatic nitrogens is 2. The lowest BCUT2D eigenvalue weighted by Gasteiger charge is -2.51. The monoisotopic (exact) mass is 770 g/mol. The van der Waals surface area contributed by atoms with Crippen molar-refractivity contribution in [2.24, 2.45) is 0 Å². The maximum absolute atomic E-state index is 13.5. The minimum atomic E-state index is -2.87. The van der Waals surface area contributed by atoms with E-state index in [1.165, 1.54) is 10.8 Å². The van der Waals surface area contributed by atoms with E-state index in [0.717, 1.165) is 38.2 Å². The van der Waals surface area contributed by atoms with Gasteiger partial charge in [-0.2, -0.15) is 0 Å². The molecule has 1 aromatic heterocycles. The van der Waals surface area contributed by atoms with E-state index in [9.17, 15) is 9.59 Å². The number of ether oxygens (including phenoxy) is 1. The third-order valence-electron chi connectivity index (χ3n) is 11.2. The van der Waals surface area contributed by atoms with Crippen LogP contribution in [0.3, 0.4) is 0 Å². The van der Waals surface area contributed by atoms with E-state index in [0.29, 0.717) is 13.0 Å². The molecule has 3 atom stereocenters. The van der Waals surface area contributed by atoms with E-state index in [1.54, 1.807) is 0 Å². The van der Waals surface area contributed by atoms with Crippen molar-refractivity contribution < 1.29 is 17.7 Å². The van der Waals surface area contributed by atoms with Gasteiger partial charge in [0.25, 0.3) is 5.56 Å². The molecule has 0 amide bonds. The molecule has 7 rings (SSSR count). The lowest BCUT2D eigenvalue weighted by Crippen LogP contribution is -2.65. The largest absolute Gasteiger partial charge is 0.414 e. The summed E-state index contributed by atoms with van der Waals surface area (Å²) in [4.78, 5) is 29.3. The van der Waals surface area contributed by atoms with E-state index in [1.807, 2.05) is 66.7 Å². The minimum absolute atomic E-state index is 0.160. The Kier molecular flexibility index (Phi) is 10.9. The topological polar surface area (TPSA) is 91.8 Å². The summed E-state index contributed by atoms with van der Waals surface area (Å²) in [6.07, 6.45) is 0.491. The highest BCUT2D eigenvalue weighted by Gasteiger charge is 2.60. The van der Waals surface area contributed by atoms with Gasteiger partial charge in [-0.3, -0.25) is 14.3 Å². The fraction of sp³-hybridized carbons (Fsp3) is 0.378. The van der Waals surface area contributed by atoms with E-state index < -0.39 is 40.7 Å². The first-order valence-corrected chi connectivity index (χ1v) is 23.3. The molecule has 5 aromatic rings. The summed E-state index contributed by atoms with van der Waals surface area (Å²) in [5, 5.41) is 3.79. The number of fused-ring (bicyclic) bond motifs is 3. The third kappa shape index (κ3) is 7.20. The molecule has 1 N–H and O–H groups in total. The van der Waals surface area contributed by atoms with Crippen LogP contribution < -0.4 is 11.2 Å². The molecule has 0 bridgehead atoms. The zero-order valence-corrected chi connectivity index (χ0v) is 34.9. The average Bonchev–Trinajstić information content (AvgIpc) is 3.54. The lowest BCUT2D eigenvalue weighted by molar-refractivity contribution is -0.0566.